The van der Waals surface area contributed by atoms with Crippen molar-refractivity contribution >= 4 is 5.65 Å². The van der Waals surface area contributed by atoms with Gasteiger partial charge in [-0.15, -0.1) is 0 Å². The summed E-state index contributed by atoms with van der Waals surface area (Å²) in [6.07, 6.45) is 3.14. The van der Waals surface area contributed by atoms with Gasteiger partial charge in [0.1, 0.15) is 17.3 Å². The van der Waals surface area contributed by atoms with Crippen LogP contribution in [0.5, 0.6) is 0 Å². The van der Waals surface area contributed by atoms with Crippen molar-refractivity contribution in [2.45, 2.75) is 24.8 Å². The summed E-state index contributed by atoms with van der Waals surface area (Å²) in [5.74, 6) is -0.631. The Balaban J connectivity index is 1.50. The lowest BCUT2D eigenvalue weighted by atomic mass is 9.72. The van der Waals surface area contributed by atoms with Crippen molar-refractivity contribution < 1.29 is 8.78 Å². The van der Waals surface area contributed by atoms with Crippen LogP contribution in [0.3, 0.4) is 0 Å². The highest BCUT2D eigenvalue weighted by Crippen LogP contribution is 2.41. The molecule has 1 saturated carbocycles. The maximum atomic E-state index is 13.9. The third-order valence-electron chi connectivity index (χ3n) is 7.91. The molecular formula is C34H26F2N4. The van der Waals surface area contributed by atoms with E-state index in [1.807, 2.05) is 40.9 Å². The van der Waals surface area contributed by atoms with Crippen molar-refractivity contribution in [2.75, 3.05) is 0 Å². The van der Waals surface area contributed by atoms with E-state index >= 15 is 0 Å². The first-order valence-corrected chi connectivity index (χ1v) is 13.4. The van der Waals surface area contributed by atoms with Crippen LogP contribution in [-0.4, -0.2) is 14.6 Å². The summed E-state index contributed by atoms with van der Waals surface area (Å²) in [7, 11) is 0. The molecule has 0 saturated heterocycles. The molecular weight excluding hydrogens is 502 g/mol. The first-order chi connectivity index (χ1) is 19.5. The molecule has 0 unspecified atom stereocenters. The van der Waals surface area contributed by atoms with Crippen LogP contribution in [0.15, 0.2) is 109 Å². The predicted molar refractivity (Wildman–Crippen MR) is 154 cm³/mol. The zero-order chi connectivity index (χ0) is 27.3. The van der Waals surface area contributed by atoms with Crippen LogP contribution in [0.2, 0.25) is 0 Å². The van der Waals surface area contributed by atoms with Gasteiger partial charge in [0.2, 0.25) is 0 Å². The van der Waals surface area contributed by atoms with Crippen molar-refractivity contribution in [2.24, 2.45) is 5.73 Å². The number of benzene rings is 4. The summed E-state index contributed by atoms with van der Waals surface area (Å²) in [5.41, 5.74) is 14.7. The molecule has 6 heteroatoms. The van der Waals surface area contributed by atoms with E-state index < -0.39 is 0 Å². The summed E-state index contributed by atoms with van der Waals surface area (Å²) in [4.78, 5) is 5.15. The molecule has 1 aliphatic rings. The van der Waals surface area contributed by atoms with Gasteiger partial charge in [0.25, 0.3) is 0 Å². The summed E-state index contributed by atoms with van der Waals surface area (Å²) in [6.45, 7) is 0. The summed E-state index contributed by atoms with van der Waals surface area (Å²) in [6, 6.07) is 32.9. The van der Waals surface area contributed by atoms with Gasteiger partial charge >= 0.3 is 0 Å². The van der Waals surface area contributed by atoms with Crippen LogP contribution in [0.1, 0.15) is 24.8 Å². The molecule has 1 fully saturated rings. The van der Waals surface area contributed by atoms with Gasteiger partial charge in [0.15, 0.2) is 5.65 Å². The van der Waals surface area contributed by atoms with E-state index in [4.69, 9.17) is 15.8 Å². The smallest absolute Gasteiger partial charge is 0.162 e. The molecule has 0 spiro atoms. The molecule has 4 aromatic carbocycles. The molecule has 0 aliphatic heterocycles. The Hall–Kier alpha value is -4.68. The third-order valence-corrected chi connectivity index (χ3v) is 7.91. The Morgan fingerprint density at radius 2 is 1.27 bits per heavy atom. The van der Waals surface area contributed by atoms with Gasteiger partial charge in [-0.2, -0.15) is 5.10 Å². The second-order valence-corrected chi connectivity index (χ2v) is 10.5. The second kappa shape index (κ2) is 9.50. The van der Waals surface area contributed by atoms with Crippen LogP contribution in [0, 0.1) is 11.6 Å². The summed E-state index contributed by atoms with van der Waals surface area (Å²) < 4.78 is 29.5. The minimum Gasteiger partial charge on any atom is -0.321 e. The van der Waals surface area contributed by atoms with Gasteiger partial charge in [0.05, 0.1) is 11.4 Å². The minimum atomic E-state index is -0.317. The number of halogens is 2. The van der Waals surface area contributed by atoms with Gasteiger partial charge in [-0.3, -0.25) is 0 Å². The average molecular weight is 529 g/mol. The van der Waals surface area contributed by atoms with Crippen molar-refractivity contribution in [3.05, 3.63) is 126 Å². The maximum absolute atomic E-state index is 13.9. The molecule has 0 radical (unpaired) electrons. The zero-order valence-electron chi connectivity index (χ0n) is 21.7. The van der Waals surface area contributed by atoms with Crippen LogP contribution in [0.4, 0.5) is 8.78 Å². The van der Waals surface area contributed by atoms with Crippen molar-refractivity contribution in [3.63, 3.8) is 0 Å². The third kappa shape index (κ3) is 4.17. The van der Waals surface area contributed by atoms with Crippen LogP contribution in [-0.2, 0) is 5.54 Å². The van der Waals surface area contributed by atoms with E-state index in [1.54, 1.807) is 24.3 Å². The SMILES string of the molecule is NC1(c2ccc(-c3nc4c(-c5ccc(F)cc5)cc(-c5ccc(F)cc5)nn4c3-c3ccccc3)cc2)CCC1. The van der Waals surface area contributed by atoms with Gasteiger partial charge in [-0.25, -0.2) is 18.3 Å². The van der Waals surface area contributed by atoms with E-state index in [9.17, 15) is 8.78 Å². The molecule has 40 heavy (non-hydrogen) atoms. The van der Waals surface area contributed by atoms with Crippen LogP contribution in [0.25, 0.3) is 50.5 Å². The molecule has 6 aromatic rings. The highest BCUT2D eigenvalue weighted by Gasteiger charge is 2.34. The Morgan fingerprint density at radius 1 is 0.675 bits per heavy atom. The number of aromatic nitrogens is 3. The number of imidazole rings is 1. The monoisotopic (exact) mass is 528 g/mol. The standard InChI is InChI=1S/C34H26F2N4/c35-27-15-9-22(10-16-27)29-21-30(23-11-17-28(36)18-12-23)39-40-32(25-5-2-1-3-6-25)31(38-33(29)40)24-7-13-26(14-8-24)34(37)19-4-20-34/h1-3,5-18,21H,4,19-20,37H2. The van der Waals surface area contributed by atoms with Crippen LogP contribution >= 0.6 is 0 Å². The van der Waals surface area contributed by atoms with Crippen molar-refractivity contribution in [1.82, 2.24) is 14.6 Å². The lowest BCUT2D eigenvalue weighted by Gasteiger charge is -2.38. The largest absolute Gasteiger partial charge is 0.321 e. The van der Waals surface area contributed by atoms with E-state index in [2.05, 4.69) is 24.3 Å². The molecule has 0 bridgehead atoms. The lowest BCUT2D eigenvalue weighted by Crippen LogP contribution is -2.43. The van der Waals surface area contributed by atoms with Crippen LogP contribution < -0.4 is 5.73 Å². The molecule has 2 aromatic heterocycles. The van der Waals surface area contributed by atoms with Gasteiger partial charge in [-0.05, 0) is 72.9 Å². The maximum Gasteiger partial charge on any atom is 0.162 e. The zero-order valence-corrected chi connectivity index (χ0v) is 21.7. The molecule has 4 nitrogen and oxygen atoms in total. The van der Waals surface area contributed by atoms with Gasteiger partial charge < -0.3 is 5.73 Å². The minimum absolute atomic E-state index is 0.249. The number of nitrogens with two attached hydrogens (primary N) is 1. The molecule has 2 N–H and O–H groups in total. The molecule has 2 heterocycles. The molecule has 1 aliphatic carbocycles. The lowest BCUT2D eigenvalue weighted by molar-refractivity contribution is 0.253. The van der Waals surface area contributed by atoms with Gasteiger partial charge in [-0.1, -0.05) is 66.7 Å². The number of nitrogens with zero attached hydrogens (tertiary/aromatic N) is 3. The Kier molecular flexibility index (Phi) is 5.79. The normalized spacial score (nSPS) is 14.3. The van der Waals surface area contributed by atoms with Crippen molar-refractivity contribution in [3.8, 4) is 44.9 Å². The highest BCUT2D eigenvalue weighted by molar-refractivity contribution is 5.88. The van der Waals surface area contributed by atoms with E-state index in [1.165, 1.54) is 24.3 Å². The Morgan fingerprint density at radius 3 is 1.88 bits per heavy atom. The van der Waals surface area contributed by atoms with Gasteiger partial charge in [0, 0.05) is 27.8 Å². The number of hydrogen-bond acceptors (Lipinski definition) is 3. The van der Waals surface area contributed by atoms with E-state index in [0.29, 0.717) is 11.3 Å². The topological polar surface area (TPSA) is 56.2 Å². The fraction of sp³-hybridized carbons (Fsp3) is 0.118. The first-order valence-electron chi connectivity index (χ1n) is 13.4. The average Bonchev–Trinajstić information content (AvgIpc) is 3.36. The Labute approximate surface area is 230 Å². The van der Waals surface area contributed by atoms with E-state index in [-0.39, 0.29) is 17.2 Å². The predicted octanol–water partition coefficient (Wildman–Crippen LogP) is 8.01. The number of fused-ring (bicyclic) bond motifs is 1. The first kappa shape index (κ1) is 24.4. The quantitative estimate of drug-likeness (QED) is 0.247. The van der Waals surface area contributed by atoms with Crippen molar-refractivity contribution in [1.29, 1.82) is 0 Å². The summed E-state index contributed by atoms with van der Waals surface area (Å²) in [5, 5.41) is 5.02. The molecule has 7 rings (SSSR count). The highest BCUT2D eigenvalue weighted by atomic mass is 19.1. The fourth-order valence-electron chi connectivity index (χ4n) is 5.49. The summed E-state index contributed by atoms with van der Waals surface area (Å²) >= 11 is 0. The molecule has 196 valence electrons. The number of hydrogen-bond donors (Lipinski definition) is 1. The van der Waals surface area contributed by atoms with E-state index in [0.717, 1.165) is 64.0 Å². The Bertz CT molecular complexity index is 1820. The molecule has 0 amide bonds. The molecule has 0 atom stereocenters. The fourth-order valence-corrected chi connectivity index (χ4v) is 5.49. The number of rotatable bonds is 5. The second-order valence-electron chi connectivity index (χ2n) is 10.5.